The highest BCUT2D eigenvalue weighted by atomic mass is 16.6. The molecule has 174 valence electrons. The van der Waals surface area contributed by atoms with Crippen LogP contribution in [0.2, 0.25) is 0 Å². The number of piperazine rings is 1. The Hall–Kier alpha value is -3.90. The van der Waals surface area contributed by atoms with Crippen LogP contribution >= 0.6 is 0 Å². The maximum Gasteiger partial charge on any atom is 0.410 e. The first kappa shape index (κ1) is 23.3. The first-order chi connectivity index (χ1) is 16.6. The number of esters is 1. The van der Waals surface area contributed by atoms with E-state index in [1.54, 1.807) is 4.90 Å². The van der Waals surface area contributed by atoms with Crippen LogP contribution in [-0.4, -0.2) is 48.0 Å². The normalized spacial score (nSPS) is 14.8. The lowest BCUT2D eigenvalue weighted by Gasteiger charge is -2.37. The Morgan fingerprint density at radius 2 is 1.35 bits per heavy atom. The fourth-order valence-electron chi connectivity index (χ4n) is 3.96. The summed E-state index contributed by atoms with van der Waals surface area (Å²) in [4.78, 5) is 29.5. The van der Waals surface area contributed by atoms with Crippen molar-refractivity contribution in [2.75, 3.05) is 26.2 Å². The SMILES string of the molecule is C=C(OC(=O)C(c1ccccc1)N1CCN(C(=O)OCc2ccccc2)CC1)c1ccccc1. The molecule has 0 bridgehead atoms. The summed E-state index contributed by atoms with van der Waals surface area (Å²) in [6.07, 6.45) is -0.347. The van der Waals surface area contributed by atoms with Gasteiger partial charge in [-0.25, -0.2) is 9.59 Å². The fourth-order valence-corrected chi connectivity index (χ4v) is 3.96. The average Bonchev–Trinajstić information content (AvgIpc) is 2.89. The molecular weight excluding hydrogens is 428 g/mol. The minimum absolute atomic E-state index is 0.237. The highest BCUT2D eigenvalue weighted by molar-refractivity contribution is 5.83. The van der Waals surface area contributed by atoms with Crippen LogP contribution in [0.4, 0.5) is 4.79 Å². The van der Waals surface area contributed by atoms with Crippen molar-refractivity contribution in [2.45, 2.75) is 12.6 Å². The Morgan fingerprint density at radius 1 is 0.794 bits per heavy atom. The highest BCUT2D eigenvalue weighted by Crippen LogP contribution is 2.26. The Kier molecular flexibility index (Phi) is 7.73. The van der Waals surface area contributed by atoms with Crippen LogP contribution in [0.1, 0.15) is 22.7 Å². The molecule has 0 aliphatic carbocycles. The van der Waals surface area contributed by atoms with Gasteiger partial charge < -0.3 is 14.4 Å². The number of amides is 1. The minimum atomic E-state index is -0.593. The Labute approximate surface area is 200 Å². The second-order valence-electron chi connectivity index (χ2n) is 8.09. The Bertz CT molecular complexity index is 1100. The van der Waals surface area contributed by atoms with E-state index in [1.165, 1.54) is 0 Å². The first-order valence-corrected chi connectivity index (χ1v) is 11.3. The summed E-state index contributed by atoms with van der Waals surface area (Å²) in [5.41, 5.74) is 2.54. The third kappa shape index (κ3) is 5.91. The van der Waals surface area contributed by atoms with Gasteiger partial charge in [0.05, 0.1) is 0 Å². The van der Waals surface area contributed by atoms with Gasteiger partial charge in [0.25, 0.3) is 0 Å². The van der Waals surface area contributed by atoms with Gasteiger partial charge in [0, 0.05) is 31.7 Å². The lowest BCUT2D eigenvalue weighted by molar-refractivity contribution is -0.143. The van der Waals surface area contributed by atoms with Crippen molar-refractivity contribution >= 4 is 17.8 Å². The zero-order chi connectivity index (χ0) is 23.8. The number of benzene rings is 3. The van der Waals surface area contributed by atoms with Gasteiger partial charge in [-0.1, -0.05) is 97.6 Å². The van der Waals surface area contributed by atoms with Crippen molar-refractivity contribution in [1.29, 1.82) is 0 Å². The molecule has 1 heterocycles. The van der Waals surface area contributed by atoms with Crippen LogP contribution in [0.3, 0.4) is 0 Å². The van der Waals surface area contributed by atoms with Crippen molar-refractivity contribution in [3.8, 4) is 0 Å². The standard InChI is InChI=1S/C28H28N2O4/c1-22(24-13-7-3-8-14-24)34-27(31)26(25-15-9-4-10-16-25)29-17-19-30(20-18-29)28(32)33-21-23-11-5-2-6-12-23/h2-16,26H,1,17-21H2. The maximum atomic E-state index is 13.3. The summed E-state index contributed by atoms with van der Waals surface area (Å²) in [5.74, 6) is -0.0742. The molecule has 3 aromatic rings. The number of ether oxygens (including phenoxy) is 2. The predicted octanol–water partition coefficient (Wildman–Crippen LogP) is 4.90. The molecule has 1 saturated heterocycles. The average molecular weight is 457 g/mol. The van der Waals surface area contributed by atoms with Gasteiger partial charge in [-0.2, -0.15) is 0 Å². The van der Waals surface area contributed by atoms with Crippen molar-refractivity contribution < 1.29 is 19.1 Å². The second kappa shape index (κ2) is 11.3. The molecule has 34 heavy (non-hydrogen) atoms. The third-order valence-corrected chi connectivity index (χ3v) is 5.80. The first-order valence-electron chi connectivity index (χ1n) is 11.3. The molecule has 0 radical (unpaired) electrons. The summed E-state index contributed by atoms with van der Waals surface area (Å²) in [6.45, 7) is 6.14. The van der Waals surface area contributed by atoms with Gasteiger partial charge in [-0.3, -0.25) is 4.90 Å². The largest absolute Gasteiger partial charge is 0.445 e. The van der Waals surface area contributed by atoms with Gasteiger partial charge in [-0.15, -0.1) is 0 Å². The van der Waals surface area contributed by atoms with Crippen molar-refractivity contribution in [1.82, 2.24) is 9.80 Å². The molecule has 0 saturated carbocycles. The third-order valence-electron chi connectivity index (χ3n) is 5.80. The summed E-state index contributed by atoms with van der Waals surface area (Å²) in [7, 11) is 0. The molecule has 1 unspecified atom stereocenters. The molecule has 1 aliphatic rings. The molecule has 1 fully saturated rings. The van der Waals surface area contributed by atoms with E-state index in [0.29, 0.717) is 31.9 Å². The summed E-state index contributed by atoms with van der Waals surface area (Å²) in [5, 5.41) is 0. The molecule has 6 heteroatoms. The zero-order valence-corrected chi connectivity index (χ0v) is 19.0. The number of nitrogens with zero attached hydrogens (tertiary/aromatic N) is 2. The Morgan fingerprint density at radius 3 is 1.97 bits per heavy atom. The molecule has 0 N–H and O–H groups in total. The smallest absolute Gasteiger partial charge is 0.410 e. The lowest BCUT2D eigenvalue weighted by atomic mass is 10.0. The van der Waals surface area contributed by atoms with Gasteiger partial charge in [-0.05, 0) is 11.1 Å². The molecule has 4 rings (SSSR count). The van der Waals surface area contributed by atoms with E-state index in [2.05, 4.69) is 6.58 Å². The topological polar surface area (TPSA) is 59.1 Å². The summed E-state index contributed by atoms with van der Waals surface area (Å²) >= 11 is 0. The quantitative estimate of drug-likeness (QED) is 0.374. The molecule has 6 nitrogen and oxygen atoms in total. The van der Waals surface area contributed by atoms with Crippen molar-refractivity contribution in [3.63, 3.8) is 0 Å². The van der Waals surface area contributed by atoms with E-state index in [9.17, 15) is 9.59 Å². The van der Waals surface area contributed by atoms with Gasteiger partial charge in [0.2, 0.25) is 0 Å². The maximum absolute atomic E-state index is 13.3. The fraction of sp³-hybridized carbons (Fsp3) is 0.214. The van der Waals surface area contributed by atoms with E-state index in [1.807, 2.05) is 95.9 Å². The molecule has 3 aromatic carbocycles. The van der Waals surface area contributed by atoms with Crippen molar-refractivity contribution in [2.24, 2.45) is 0 Å². The van der Waals surface area contributed by atoms with E-state index >= 15 is 0 Å². The molecular formula is C28H28N2O4. The Balaban J connectivity index is 1.39. The van der Waals surface area contributed by atoms with Crippen molar-refractivity contribution in [3.05, 3.63) is 114 Å². The number of hydrogen-bond acceptors (Lipinski definition) is 5. The van der Waals surface area contributed by atoms with Crippen LogP contribution in [0.15, 0.2) is 97.6 Å². The molecule has 1 amide bonds. The minimum Gasteiger partial charge on any atom is -0.445 e. The number of rotatable bonds is 7. The second-order valence-corrected chi connectivity index (χ2v) is 8.09. The number of carbonyl (C=O) groups is 2. The van der Waals surface area contributed by atoms with Crippen LogP contribution < -0.4 is 0 Å². The van der Waals surface area contributed by atoms with E-state index in [4.69, 9.17) is 9.47 Å². The van der Waals surface area contributed by atoms with Gasteiger partial charge in [0.1, 0.15) is 18.4 Å². The molecule has 1 aliphatic heterocycles. The zero-order valence-electron chi connectivity index (χ0n) is 19.0. The number of hydrogen-bond donors (Lipinski definition) is 0. The van der Waals surface area contributed by atoms with E-state index < -0.39 is 6.04 Å². The summed E-state index contributed by atoms with van der Waals surface area (Å²) < 4.78 is 11.2. The predicted molar refractivity (Wildman–Crippen MR) is 131 cm³/mol. The van der Waals surface area contributed by atoms with Crippen LogP contribution in [0.25, 0.3) is 5.76 Å². The molecule has 0 aromatic heterocycles. The van der Waals surface area contributed by atoms with Crippen LogP contribution in [0.5, 0.6) is 0 Å². The monoisotopic (exact) mass is 456 g/mol. The van der Waals surface area contributed by atoms with E-state index in [0.717, 1.165) is 16.7 Å². The van der Waals surface area contributed by atoms with Crippen LogP contribution in [0, 0.1) is 0 Å². The van der Waals surface area contributed by atoms with Crippen LogP contribution in [-0.2, 0) is 20.9 Å². The number of carbonyl (C=O) groups excluding carboxylic acids is 2. The van der Waals surface area contributed by atoms with E-state index in [-0.39, 0.29) is 18.7 Å². The molecule has 1 atom stereocenters. The summed E-state index contributed by atoms with van der Waals surface area (Å²) in [6, 6.07) is 27.9. The highest BCUT2D eigenvalue weighted by Gasteiger charge is 2.33. The molecule has 0 spiro atoms. The van der Waals surface area contributed by atoms with Gasteiger partial charge in [0.15, 0.2) is 0 Å². The van der Waals surface area contributed by atoms with Gasteiger partial charge >= 0.3 is 12.1 Å². The lowest BCUT2D eigenvalue weighted by Crippen LogP contribution is -2.51.